The zero-order valence-corrected chi connectivity index (χ0v) is 17.6. The molecule has 30 heavy (non-hydrogen) atoms. The lowest BCUT2D eigenvalue weighted by atomic mass is 10.1. The van der Waals surface area contributed by atoms with Gasteiger partial charge in [-0.1, -0.05) is 30.3 Å². The van der Waals surface area contributed by atoms with Gasteiger partial charge in [-0.2, -0.15) is 9.78 Å². The average molecular weight is 420 g/mol. The molecule has 8 heteroatoms. The maximum absolute atomic E-state index is 13.1. The second-order valence-electron chi connectivity index (χ2n) is 6.72. The highest BCUT2D eigenvalue weighted by molar-refractivity contribution is 7.17. The molecule has 0 amide bonds. The van der Waals surface area contributed by atoms with Gasteiger partial charge in [0.1, 0.15) is 16.9 Å². The summed E-state index contributed by atoms with van der Waals surface area (Å²) in [5.74, 6) is -0.413. The first-order valence-corrected chi connectivity index (χ1v) is 10.3. The first kappa shape index (κ1) is 19.8. The van der Waals surface area contributed by atoms with E-state index in [4.69, 9.17) is 4.74 Å². The molecule has 0 bridgehead atoms. The van der Waals surface area contributed by atoms with Crippen LogP contribution in [-0.2, 0) is 4.74 Å². The Kier molecular flexibility index (Phi) is 5.33. The Hall–Kier alpha value is -3.52. The van der Waals surface area contributed by atoms with Crippen LogP contribution in [0.15, 0.2) is 51.9 Å². The third-order valence-corrected chi connectivity index (χ3v) is 5.74. The molecule has 0 fully saturated rings. The summed E-state index contributed by atoms with van der Waals surface area (Å²) in [6, 6.07) is 9.73. The van der Waals surface area contributed by atoms with Crippen molar-refractivity contribution < 1.29 is 9.53 Å². The number of fused-ring (bicyclic) bond motifs is 1. The molecule has 3 heterocycles. The number of benzene rings is 1. The minimum Gasteiger partial charge on any atom is -0.461 e. The topological polar surface area (TPSA) is 89.3 Å². The molecule has 0 saturated heterocycles. The van der Waals surface area contributed by atoms with E-state index in [2.05, 4.69) is 15.1 Å². The molecular formula is C22H20N4O3S. The molecule has 0 aliphatic heterocycles. The fraction of sp³-hybridized carbons (Fsp3) is 0.182. The van der Waals surface area contributed by atoms with Crippen LogP contribution in [0.2, 0.25) is 0 Å². The Morgan fingerprint density at radius 1 is 1.30 bits per heavy atom. The van der Waals surface area contributed by atoms with Gasteiger partial charge in [-0.05, 0) is 31.9 Å². The Morgan fingerprint density at radius 3 is 2.80 bits per heavy atom. The summed E-state index contributed by atoms with van der Waals surface area (Å²) in [6.07, 6.45) is 2.98. The highest BCUT2D eigenvalue weighted by Gasteiger charge is 2.18. The normalized spacial score (nSPS) is 11.4. The van der Waals surface area contributed by atoms with Crippen LogP contribution in [0, 0.1) is 13.8 Å². The third-order valence-electron chi connectivity index (χ3n) is 4.85. The van der Waals surface area contributed by atoms with Gasteiger partial charge in [0.2, 0.25) is 0 Å². The van der Waals surface area contributed by atoms with Crippen molar-refractivity contribution in [2.45, 2.75) is 20.8 Å². The van der Waals surface area contributed by atoms with Gasteiger partial charge in [0, 0.05) is 22.2 Å². The molecule has 0 atom stereocenters. The summed E-state index contributed by atoms with van der Waals surface area (Å²) >= 11 is 1.43. The predicted octanol–water partition coefficient (Wildman–Crippen LogP) is 4.13. The van der Waals surface area contributed by atoms with Gasteiger partial charge in [-0.25, -0.2) is 9.78 Å². The van der Waals surface area contributed by atoms with E-state index in [0.717, 1.165) is 27.9 Å². The van der Waals surface area contributed by atoms with Gasteiger partial charge in [0.05, 0.1) is 18.2 Å². The van der Waals surface area contributed by atoms with Crippen molar-refractivity contribution in [3.05, 3.63) is 74.9 Å². The highest BCUT2D eigenvalue weighted by atomic mass is 32.1. The van der Waals surface area contributed by atoms with E-state index >= 15 is 0 Å². The second kappa shape index (κ2) is 8.08. The van der Waals surface area contributed by atoms with E-state index < -0.39 is 5.97 Å². The first-order valence-electron chi connectivity index (χ1n) is 9.46. The molecule has 0 radical (unpaired) electrons. The van der Waals surface area contributed by atoms with Crippen LogP contribution in [0.4, 0.5) is 0 Å². The molecule has 1 aromatic carbocycles. The molecule has 0 saturated carbocycles. The maximum atomic E-state index is 13.1. The number of ether oxygens (including phenoxy) is 1. The maximum Gasteiger partial charge on any atom is 0.355 e. The SMILES string of the molecule is CCOC(=O)c1[nH]c(C)c(/C=N/n2cnc3scc(-c4ccccc4)c3c2=O)c1C. The van der Waals surface area contributed by atoms with Crippen molar-refractivity contribution >= 4 is 33.7 Å². The number of nitrogens with one attached hydrogen (secondary N) is 1. The third kappa shape index (κ3) is 3.46. The van der Waals surface area contributed by atoms with Crippen LogP contribution in [0.1, 0.15) is 34.2 Å². The number of rotatable bonds is 5. The summed E-state index contributed by atoms with van der Waals surface area (Å²) in [7, 11) is 0. The summed E-state index contributed by atoms with van der Waals surface area (Å²) in [6.45, 7) is 5.71. The van der Waals surface area contributed by atoms with Crippen LogP contribution in [0.5, 0.6) is 0 Å². The first-order chi connectivity index (χ1) is 14.5. The van der Waals surface area contributed by atoms with E-state index in [9.17, 15) is 9.59 Å². The lowest BCUT2D eigenvalue weighted by Gasteiger charge is -2.02. The fourth-order valence-electron chi connectivity index (χ4n) is 3.32. The largest absolute Gasteiger partial charge is 0.461 e. The summed E-state index contributed by atoms with van der Waals surface area (Å²) < 4.78 is 6.29. The number of carbonyl (C=O) groups is 1. The van der Waals surface area contributed by atoms with Crippen LogP contribution in [0.3, 0.4) is 0 Å². The number of thiophene rings is 1. The fourth-order valence-corrected chi connectivity index (χ4v) is 4.23. The molecule has 0 spiro atoms. The van der Waals surface area contributed by atoms with Gasteiger partial charge >= 0.3 is 5.97 Å². The lowest BCUT2D eigenvalue weighted by molar-refractivity contribution is 0.0519. The molecule has 0 aliphatic carbocycles. The molecule has 4 rings (SSSR count). The quantitative estimate of drug-likeness (QED) is 0.388. The zero-order chi connectivity index (χ0) is 21.3. The minimum absolute atomic E-state index is 0.243. The van der Waals surface area contributed by atoms with Crippen molar-refractivity contribution in [2.75, 3.05) is 6.61 Å². The van der Waals surface area contributed by atoms with Crippen molar-refractivity contribution in [2.24, 2.45) is 5.10 Å². The molecule has 1 N–H and O–H groups in total. The Labute approximate surface area is 176 Å². The van der Waals surface area contributed by atoms with E-state index in [0.29, 0.717) is 22.5 Å². The van der Waals surface area contributed by atoms with Crippen molar-refractivity contribution in [1.29, 1.82) is 0 Å². The van der Waals surface area contributed by atoms with Crippen molar-refractivity contribution in [1.82, 2.24) is 14.6 Å². The predicted molar refractivity (Wildman–Crippen MR) is 119 cm³/mol. The Balaban J connectivity index is 1.75. The number of nitrogens with zero attached hydrogens (tertiary/aromatic N) is 3. The van der Waals surface area contributed by atoms with E-state index in [-0.39, 0.29) is 5.56 Å². The molecular weight excluding hydrogens is 400 g/mol. The van der Waals surface area contributed by atoms with Crippen LogP contribution < -0.4 is 5.56 Å². The number of hydrogen-bond donors (Lipinski definition) is 1. The monoisotopic (exact) mass is 420 g/mol. The van der Waals surface area contributed by atoms with E-state index in [1.165, 1.54) is 22.3 Å². The number of hydrogen-bond acceptors (Lipinski definition) is 6. The standard InChI is InChI=1S/C22H20N4O3S/c1-4-29-22(28)19-13(2)16(14(3)25-19)10-24-26-12-23-20-18(21(26)27)17(11-30-20)15-8-6-5-7-9-15/h5-12,25H,4H2,1-3H3/b24-10+. The number of H-pyrrole nitrogens is 1. The zero-order valence-electron chi connectivity index (χ0n) is 16.8. The molecule has 3 aromatic heterocycles. The number of aromatic nitrogens is 3. The molecule has 152 valence electrons. The van der Waals surface area contributed by atoms with Crippen LogP contribution >= 0.6 is 11.3 Å². The van der Waals surface area contributed by atoms with Gasteiger partial charge < -0.3 is 9.72 Å². The Morgan fingerprint density at radius 2 is 2.07 bits per heavy atom. The van der Waals surface area contributed by atoms with E-state index in [1.54, 1.807) is 13.1 Å². The molecule has 4 aromatic rings. The molecule has 0 aliphatic rings. The summed E-state index contributed by atoms with van der Waals surface area (Å²) in [5.41, 5.74) is 4.17. The van der Waals surface area contributed by atoms with Crippen LogP contribution in [0.25, 0.3) is 21.3 Å². The van der Waals surface area contributed by atoms with Crippen molar-refractivity contribution in [3.63, 3.8) is 0 Å². The number of aryl methyl sites for hydroxylation is 1. The smallest absolute Gasteiger partial charge is 0.355 e. The summed E-state index contributed by atoms with van der Waals surface area (Å²) in [4.78, 5) is 33.3. The van der Waals surface area contributed by atoms with E-state index in [1.807, 2.05) is 49.6 Å². The summed E-state index contributed by atoms with van der Waals surface area (Å²) in [5, 5.41) is 6.81. The number of aromatic amines is 1. The second-order valence-corrected chi connectivity index (χ2v) is 7.58. The Bertz CT molecular complexity index is 1320. The number of esters is 1. The van der Waals surface area contributed by atoms with Gasteiger partial charge in [0.15, 0.2) is 0 Å². The van der Waals surface area contributed by atoms with Gasteiger partial charge in [0.25, 0.3) is 5.56 Å². The van der Waals surface area contributed by atoms with Crippen molar-refractivity contribution in [3.8, 4) is 11.1 Å². The minimum atomic E-state index is -0.413. The average Bonchev–Trinajstić information content (AvgIpc) is 3.30. The molecule has 7 nitrogen and oxygen atoms in total. The highest BCUT2D eigenvalue weighted by Crippen LogP contribution is 2.30. The van der Waals surface area contributed by atoms with Gasteiger partial charge in [-0.3, -0.25) is 4.79 Å². The number of carbonyl (C=O) groups excluding carboxylic acids is 1. The lowest BCUT2D eigenvalue weighted by Crippen LogP contribution is -2.17. The molecule has 0 unspecified atom stereocenters. The van der Waals surface area contributed by atoms with Crippen LogP contribution in [-0.4, -0.2) is 33.4 Å². The van der Waals surface area contributed by atoms with Gasteiger partial charge in [-0.15, -0.1) is 11.3 Å².